The zero-order chi connectivity index (χ0) is 13.1. The molecule has 1 unspecified atom stereocenters. The molecular weight excluding hydrogens is 256 g/mol. The number of aromatic nitrogens is 3. The molecule has 0 amide bonds. The van der Waals surface area contributed by atoms with Crippen LogP contribution in [-0.4, -0.2) is 43.7 Å². The summed E-state index contributed by atoms with van der Waals surface area (Å²) >= 11 is 1.38. The Kier molecular flexibility index (Phi) is 4.07. The maximum absolute atomic E-state index is 11.1. The molecule has 0 spiro atoms. The van der Waals surface area contributed by atoms with E-state index in [0.29, 0.717) is 23.4 Å². The van der Waals surface area contributed by atoms with Gasteiger partial charge in [0, 0.05) is 18.8 Å². The van der Waals surface area contributed by atoms with Gasteiger partial charge in [0.05, 0.1) is 0 Å². The highest BCUT2D eigenvalue weighted by atomic mass is 32.2. The molecule has 1 fully saturated rings. The van der Waals surface area contributed by atoms with Crippen LogP contribution in [0.2, 0.25) is 0 Å². The Bertz CT molecular complexity index is 480. The van der Waals surface area contributed by atoms with Gasteiger partial charge in [0.25, 0.3) is 0 Å². The van der Waals surface area contributed by atoms with E-state index in [1.807, 2.05) is 0 Å². The van der Waals surface area contributed by atoms with Gasteiger partial charge < -0.3 is 10.4 Å². The molecule has 1 aliphatic carbocycles. The Morgan fingerprint density at radius 2 is 2.44 bits per heavy atom. The molecule has 1 aliphatic rings. The fourth-order valence-electron chi connectivity index (χ4n) is 1.54. The first-order valence-corrected chi connectivity index (χ1v) is 6.79. The van der Waals surface area contributed by atoms with Gasteiger partial charge in [-0.1, -0.05) is 11.8 Å². The van der Waals surface area contributed by atoms with Gasteiger partial charge in [0.2, 0.25) is 0 Å². The molecule has 2 rings (SSSR count). The molecule has 7 nitrogen and oxygen atoms in total. The summed E-state index contributed by atoms with van der Waals surface area (Å²) in [5.74, 6) is -0.215. The summed E-state index contributed by atoms with van der Waals surface area (Å²) in [5, 5.41) is 18.9. The first kappa shape index (κ1) is 13.2. The van der Waals surface area contributed by atoms with Crippen molar-refractivity contribution in [2.75, 3.05) is 5.75 Å². The minimum Gasteiger partial charge on any atom is -0.480 e. The van der Waals surface area contributed by atoms with E-state index < -0.39 is 12.0 Å². The van der Waals surface area contributed by atoms with Crippen molar-refractivity contribution in [1.82, 2.24) is 20.1 Å². The molecule has 0 saturated heterocycles. The van der Waals surface area contributed by atoms with Gasteiger partial charge in [0.1, 0.15) is 6.04 Å². The molecule has 0 aliphatic heterocycles. The van der Waals surface area contributed by atoms with Gasteiger partial charge in [-0.05, 0) is 19.3 Å². The van der Waals surface area contributed by atoms with E-state index >= 15 is 0 Å². The summed E-state index contributed by atoms with van der Waals surface area (Å²) in [6.45, 7) is 0. The number of rotatable bonds is 7. The van der Waals surface area contributed by atoms with Crippen molar-refractivity contribution in [1.29, 1.82) is 0 Å². The average Bonchev–Trinajstić information content (AvgIpc) is 3.09. The minimum atomic E-state index is -0.821. The third-order valence-electron chi connectivity index (χ3n) is 2.79. The maximum Gasteiger partial charge on any atom is 0.343 e. The number of carboxylic acids is 1. The summed E-state index contributed by atoms with van der Waals surface area (Å²) in [5.41, 5.74) is -0.261. The smallest absolute Gasteiger partial charge is 0.343 e. The number of thioether (sulfide) groups is 1. The molecule has 0 aromatic carbocycles. The van der Waals surface area contributed by atoms with Crippen LogP contribution in [0.4, 0.5) is 0 Å². The molecule has 8 heteroatoms. The Morgan fingerprint density at radius 3 is 2.94 bits per heavy atom. The first-order valence-electron chi connectivity index (χ1n) is 5.81. The van der Waals surface area contributed by atoms with Crippen LogP contribution in [0.5, 0.6) is 0 Å². The predicted molar refractivity (Wildman–Crippen MR) is 66.8 cm³/mol. The van der Waals surface area contributed by atoms with Crippen LogP contribution in [0.3, 0.4) is 0 Å². The highest BCUT2D eigenvalue weighted by molar-refractivity contribution is 7.99. The lowest BCUT2D eigenvalue weighted by molar-refractivity contribution is -0.139. The molecule has 1 aromatic rings. The highest BCUT2D eigenvalue weighted by Gasteiger charge is 2.27. The van der Waals surface area contributed by atoms with Crippen LogP contribution in [0.25, 0.3) is 0 Å². The summed E-state index contributed by atoms with van der Waals surface area (Å²) in [6, 6.07) is -0.146. The average molecular weight is 272 g/mol. The molecule has 0 radical (unpaired) electrons. The Balaban J connectivity index is 1.80. The number of aliphatic carboxylic acids is 1. The van der Waals surface area contributed by atoms with Gasteiger partial charge in [-0.3, -0.25) is 9.36 Å². The third-order valence-corrected chi connectivity index (χ3v) is 3.85. The number of hydrogen-bond donors (Lipinski definition) is 3. The van der Waals surface area contributed by atoms with Crippen LogP contribution < -0.4 is 11.0 Å². The van der Waals surface area contributed by atoms with Crippen LogP contribution in [-0.2, 0) is 11.8 Å². The van der Waals surface area contributed by atoms with Crippen molar-refractivity contribution < 1.29 is 9.90 Å². The van der Waals surface area contributed by atoms with E-state index in [9.17, 15) is 9.59 Å². The normalized spacial score (nSPS) is 16.7. The van der Waals surface area contributed by atoms with E-state index in [-0.39, 0.29) is 5.69 Å². The van der Waals surface area contributed by atoms with Gasteiger partial charge in [-0.25, -0.2) is 9.89 Å². The van der Waals surface area contributed by atoms with Crippen LogP contribution in [0, 0.1) is 0 Å². The van der Waals surface area contributed by atoms with E-state index in [4.69, 9.17) is 5.11 Å². The van der Waals surface area contributed by atoms with E-state index in [1.165, 1.54) is 16.3 Å². The van der Waals surface area contributed by atoms with E-state index in [0.717, 1.165) is 12.8 Å². The summed E-state index contributed by atoms with van der Waals surface area (Å²) in [7, 11) is 1.63. The van der Waals surface area contributed by atoms with Crippen LogP contribution in [0.15, 0.2) is 9.95 Å². The molecule has 0 bridgehead atoms. The monoisotopic (exact) mass is 272 g/mol. The lowest BCUT2D eigenvalue weighted by Crippen LogP contribution is -2.38. The minimum absolute atomic E-state index is 0.261. The van der Waals surface area contributed by atoms with Gasteiger partial charge in [0.15, 0.2) is 5.16 Å². The number of carboxylic acid groups (broad SMARTS) is 1. The second kappa shape index (κ2) is 5.57. The molecule has 18 heavy (non-hydrogen) atoms. The lowest BCUT2D eigenvalue weighted by atomic mass is 10.2. The Labute approximate surface area is 108 Å². The number of nitrogens with one attached hydrogen (secondary N) is 2. The van der Waals surface area contributed by atoms with Crippen molar-refractivity contribution in [3.05, 3.63) is 10.5 Å². The fourth-order valence-corrected chi connectivity index (χ4v) is 2.47. The van der Waals surface area contributed by atoms with E-state index in [1.54, 1.807) is 7.05 Å². The van der Waals surface area contributed by atoms with Crippen molar-refractivity contribution >= 4 is 17.7 Å². The largest absolute Gasteiger partial charge is 0.480 e. The van der Waals surface area contributed by atoms with Crippen molar-refractivity contribution in [2.24, 2.45) is 7.05 Å². The number of nitrogens with zero attached hydrogens (tertiary/aromatic N) is 2. The van der Waals surface area contributed by atoms with Crippen LogP contribution in [0.1, 0.15) is 19.3 Å². The van der Waals surface area contributed by atoms with Gasteiger partial charge in [-0.15, -0.1) is 5.10 Å². The van der Waals surface area contributed by atoms with Gasteiger partial charge in [-0.2, -0.15) is 0 Å². The van der Waals surface area contributed by atoms with Crippen molar-refractivity contribution in [3.63, 3.8) is 0 Å². The van der Waals surface area contributed by atoms with Gasteiger partial charge >= 0.3 is 11.7 Å². The summed E-state index contributed by atoms with van der Waals surface area (Å²) < 4.78 is 1.41. The Morgan fingerprint density at radius 1 is 1.72 bits per heavy atom. The summed E-state index contributed by atoms with van der Waals surface area (Å²) in [4.78, 5) is 22.2. The maximum atomic E-state index is 11.1. The standard InChI is InChI=1S/C10H16N4O3S/c1-14-9(17)12-13-10(14)18-5-4-7(8(15)16)11-6-2-3-6/h6-7,11H,2-5H2,1H3,(H,12,17)(H,15,16). The lowest BCUT2D eigenvalue weighted by Gasteiger charge is -2.12. The molecular formula is C10H16N4O3S. The predicted octanol–water partition coefficient (Wildman–Crippen LogP) is -0.204. The first-order chi connectivity index (χ1) is 8.58. The number of hydrogen-bond acceptors (Lipinski definition) is 5. The molecule has 1 saturated carbocycles. The number of aromatic amines is 1. The number of carbonyl (C=O) groups is 1. The third kappa shape index (κ3) is 3.36. The second-order valence-corrected chi connectivity index (χ2v) is 5.40. The molecule has 1 atom stereocenters. The highest BCUT2D eigenvalue weighted by Crippen LogP contribution is 2.21. The topological polar surface area (TPSA) is 100 Å². The second-order valence-electron chi connectivity index (χ2n) is 4.34. The SMILES string of the molecule is Cn1c(SCCC(NC2CC2)C(=O)O)n[nH]c1=O. The van der Waals surface area contributed by atoms with Crippen LogP contribution >= 0.6 is 11.8 Å². The molecule has 3 N–H and O–H groups in total. The molecule has 1 heterocycles. The quantitative estimate of drug-likeness (QED) is 0.594. The van der Waals surface area contributed by atoms with Crippen molar-refractivity contribution in [3.8, 4) is 0 Å². The zero-order valence-electron chi connectivity index (χ0n) is 10.0. The van der Waals surface area contributed by atoms with Crippen molar-refractivity contribution in [2.45, 2.75) is 36.5 Å². The number of H-pyrrole nitrogens is 1. The van der Waals surface area contributed by atoms with E-state index in [2.05, 4.69) is 15.5 Å². The molecule has 1 aromatic heterocycles. The Hall–Kier alpha value is -1.28. The zero-order valence-corrected chi connectivity index (χ0v) is 10.9. The fraction of sp³-hybridized carbons (Fsp3) is 0.700. The summed E-state index contributed by atoms with van der Waals surface area (Å²) in [6.07, 6.45) is 2.63. The molecule has 100 valence electrons.